The minimum absolute atomic E-state index is 0.723. The van der Waals surface area contributed by atoms with Crippen LogP contribution in [0, 0.1) is 0 Å². The Hall–Kier alpha value is 0.310. The summed E-state index contributed by atoms with van der Waals surface area (Å²) in [5.74, 6) is 1.39. The molecule has 1 rings (SSSR count). The van der Waals surface area contributed by atoms with E-state index in [0.717, 1.165) is 11.3 Å². The largest absolute Gasteiger partial charge is 0.300 e. The molecule has 0 aromatic carbocycles. The van der Waals surface area contributed by atoms with Crippen molar-refractivity contribution in [3.05, 3.63) is 0 Å². The topological polar surface area (TPSA) is 3.24 Å². The van der Waals surface area contributed by atoms with Crippen LogP contribution in [0.25, 0.3) is 0 Å². The first-order valence-electron chi connectivity index (χ1n) is 5.59. The smallest absolute Gasteiger partial charge is 0.0175 e. The molecular weight excluding hydrogens is 178 g/mol. The second-order valence-electron chi connectivity index (χ2n) is 4.22. The second-order valence-corrected chi connectivity index (χ2v) is 5.63. The van der Waals surface area contributed by atoms with Gasteiger partial charge in [-0.1, -0.05) is 6.92 Å². The van der Waals surface area contributed by atoms with Gasteiger partial charge in [-0.15, -0.1) is 0 Å². The fourth-order valence-electron chi connectivity index (χ4n) is 1.90. The van der Waals surface area contributed by atoms with Crippen LogP contribution in [0.2, 0.25) is 0 Å². The molecule has 1 heterocycles. The molecule has 0 radical (unpaired) electrons. The predicted octanol–water partition coefficient (Wildman–Crippen LogP) is 3.00. The first-order valence-corrected chi connectivity index (χ1v) is 6.64. The summed E-state index contributed by atoms with van der Waals surface area (Å²) < 4.78 is 0. The van der Waals surface area contributed by atoms with Crippen molar-refractivity contribution in [3.8, 4) is 0 Å². The Morgan fingerprint density at radius 1 is 1.46 bits per heavy atom. The molecule has 78 valence electrons. The lowest BCUT2D eigenvalue weighted by Crippen LogP contribution is -2.36. The average molecular weight is 201 g/mol. The molecule has 1 atom stereocenters. The van der Waals surface area contributed by atoms with E-state index < -0.39 is 0 Å². The zero-order chi connectivity index (χ0) is 9.68. The maximum atomic E-state index is 2.63. The standard InChI is InChI=1S/C11H23NS/c1-4-7-12(10(2)3)9-11-6-5-8-13-11/h10-11H,4-9H2,1-3H3. The van der Waals surface area contributed by atoms with Gasteiger partial charge in [-0.3, -0.25) is 4.90 Å². The first-order chi connectivity index (χ1) is 6.24. The van der Waals surface area contributed by atoms with Crippen molar-refractivity contribution in [2.45, 2.75) is 51.3 Å². The van der Waals surface area contributed by atoms with Gasteiger partial charge in [0.25, 0.3) is 0 Å². The van der Waals surface area contributed by atoms with Crippen molar-refractivity contribution in [2.24, 2.45) is 0 Å². The van der Waals surface area contributed by atoms with Crippen LogP contribution in [-0.4, -0.2) is 35.0 Å². The van der Waals surface area contributed by atoms with Crippen LogP contribution in [-0.2, 0) is 0 Å². The Balaban J connectivity index is 2.27. The van der Waals surface area contributed by atoms with Crippen molar-refractivity contribution in [2.75, 3.05) is 18.8 Å². The van der Waals surface area contributed by atoms with Gasteiger partial charge in [0.05, 0.1) is 0 Å². The molecule has 1 aliphatic heterocycles. The lowest BCUT2D eigenvalue weighted by atomic mass is 10.2. The molecule has 1 aliphatic rings. The van der Waals surface area contributed by atoms with Crippen LogP contribution in [0.4, 0.5) is 0 Å². The predicted molar refractivity (Wildman–Crippen MR) is 62.5 cm³/mol. The number of nitrogens with zero attached hydrogens (tertiary/aromatic N) is 1. The Morgan fingerprint density at radius 2 is 2.23 bits per heavy atom. The van der Waals surface area contributed by atoms with Crippen LogP contribution in [0.5, 0.6) is 0 Å². The number of hydrogen-bond donors (Lipinski definition) is 0. The van der Waals surface area contributed by atoms with Crippen LogP contribution >= 0.6 is 11.8 Å². The molecule has 1 unspecified atom stereocenters. The van der Waals surface area contributed by atoms with Gasteiger partial charge in [-0.2, -0.15) is 11.8 Å². The molecule has 1 saturated heterocycles. The number of hydrogen-bond acceptors (Lipinski definition) is 2. The molecule has 0 aromatic rings. The van der Waals surface area contributed by atoms with Crippen molar-refractivity contribution in [1.29, 1.82) is 0 Å². The molecule has 0 aromatic heterocycles. The van der Waals surface area contributed by atoms with Gasteiger partial charge in [0.15, 0.2) is 0 Å². The molecule has 0 amide bonds. The van der Waals surface area contributed by atoms with E-state index in [-0.39, 0.29) is 0 Å². The molecule has 0 N–H and O–H groups in total. The molecular formula is C11H23NS. The summed E-state index contributed by atoms with van der Waals surface area (Å²) in [4.78, 5) is 2.63. The zero-order valence-corrected chi connectivity index (χ0v) is 10.1. The molecule has 0 aliphatic carbocycles. The van der Waals surface area contributed by atoms with E-state index in [1.165, 1.54) is 38.1 Å². The maximum Gasteiger partial charge on any atom is 0.0175 e. The second kappa shape index (κ2) is 5.92. The highest BCUT2D eigenvalue weighted by Gasteiger charge is 2.19. The summed E-state index contributed by atoms with van der Waals surface area (Å²) in [5, 5.41) is 0.925. The molecule has 0 bridgehead atoms. The highest BCUT2D eigenvalue weighted by atomic mass is 32.2. The first kappa shape index (κ1) is 11.4. The molecule has 0 spiro atoms. The van der Waals surface area contributed by atoms with Gasteiger partial charge in [0, 0.05) is 17.8 Å². The Bertz CT molecular complexity index is 130. The fourth-order valence-corrected chi connectivity index (χ4v) is 3.19. The summed E-state index contributed by atoms with van der Waals surface area (Å²) in [6, 6.07) is 0.723. The van der Waals surface area contributed by atoms with Gasteiger partial charge in [-0.25, -0.2) is 0 Å². The van der Waals surface area contributed by atoms with E-state index in [4.69, 9.17) is 0 Å². The zero-order valence-electron chi connectivity index (χ0n) is 9.25. The molecule has 0 saturated carbocycles. The SMILES string of the molecule is CCCN(CC1CCCS1)C(C)C. The van der Waals surface area contributed by atoms with E-state index in [0.29, 0.717) is 0 Å². The molecule has 1 nitrogen and oxygen atoms in total. The van der Waals surface area contributed by atoms with Gasteiger partial charge in [0.1, 0.15) is 0 Å². The molecule has 13 heavy (non-hydrogen) atoms. The van der Waals surface area contributed by atoms with Crippen LogP contribution in [0.3, 0.4) is 0 Å². The van der Waals surface area contributed by atoms with Crippen molar-refractivity contribution in [3.63, 3.8) is 0 Å². The van der Waals surface area contributed by atoms with Gasteiger partial charge >= 0.3 is 0 Å². The monoisotopic (exact) mass is 201 g/mol. The van der Waals surface area contributed by atoms with Gasteiger partial charge < -0.3 is 0 Å². The third-order valence-corrected chi connectivity index (χ3v) is 4.08. The van der Waals surface area contributed by atoms with Crippen molar-refractivity contribution in [1.82, 2.24) is 4.90 Å². The minimum atomic E-state index is 0.723. The van der Waals surface area contributed by atoms with E-state index in [9.17, 15) is 0 Å². The average Bonchev–Trinajstić information content (AvgIpc) is 2.56. The van der Waals surface area contributed by atoms with Crippen LogP contribution in [0.15, 0.2) is 0 Å². The minimum Gasteiger partial charge on any atom is -0.300 e. The van der Waals surface area contributed by atoms with Crippen molar-refractivity contribution >= 4 is 11.8 Å². The highest BCUT2D eigenvalue weighted by Crippen LogP contribution is 2.27. The maximum absolute atomic E-state index is 2.63. The van der Waals surface area contributed by atoms with E-state index >= 15 is 0 Å². The summed E-state index contributed by atoms with van der Waals surface area (Å²) in [7, 11) is 0. The third-order valence-electron chi connectivity index (χ3n) is 2.70. The fraction of sp³-hybridized carbons (Fsp3) is 1.00. The summed E-state index contributed by atoms with van der Waals surface area (Å²) in [6.45, 7) is 9.49. The van der Waals surface area contributed by atoms with E-state index in [1.54, 1.807) is 0 Å². The summed E-state index contributed by atoms with van der Waals surface area (Å²) in [6.07, 6.45) is 4.17. The summed E-state index contributed by atoms with van der Waals surface area (Å²) in [5.41, 5.74) is 0. The van der Waals surface area contributed by atoms with E-state index in [2.05, 4.69) is 37.4 Å². The molecule has 1 fully saturated rings. The molecule has 2 heteroatoms. The van der Waals surface area contributed by atoms with Crippen LogP contribution < -0.4 is 0 Å². The Morgan fingerprint density at radius 3 is 2.69 bits per heavy atom. The van der Waals surface area contributed by atoms with E-state index in [1.807, 2.05) is 0 Å². The number of thioether (sulfide) groups is 1. The van der Waals surface area contributed by atoms with Crippen molar-refractivity contribution < 1.29 is 0 Å². The lowest BCUT2D eigenvalue weighted by molar-refractivity contribution is 0.222. The van der Waals surface area contributed by atoms with Gasteiger partial charge in [-0.05, 0) is 45.4 Å². The lowest BCUT2D eigenvalue weighted by Gasteiger charge is -2.28. The highest BCUT2D eigenvalue weighted by molar-refractivity contribution is 8.00. The Kier molecular flexibility index (Phi) is 5.18. The normalized spacial score (nSPS) is 23.3. The third kappa shape index (κ3) is 3.90. The number of rotatable bonds is 5. The Labute approximate surface area is 87.3 Å². The quantitative estimate of drug-likeness (QED) is 0.673. The summed E-state index contributed by atoms with van der Waals surface area (Å²) >= 11 is 2.17. The van der Waals surface area contributed by atoms with Crippen LogP contribution in [0.1, 0.15) is 40.0 Å². The van der Waals surface area contributed by atoms with Gasteiger partial charge in [0.2, 0.25) is 0 Å².